The third kappa shape index (κ3) is 5.00. The molecule has 0 aliphatic carbocycles. The monoisotopic (exact) mass is 468 g/mol. The molecule has 34 heavy (non-hydrogen) atoms. The van der Waals surface area contributed by atoms with Crippen LogP contribution < -0.4 is 4.90 Å². The molecule has 2 aromatic carbocycles. The zero-order valence-corrected chi connectivity index (χ0v) is 19.8. The number of anilines is 1. The summed E-state index contributed by atoms with van der Waals surface area (Å²) >= 11 is 1.30. The molecule has 0 unspecified atom stereocenters. The summed E-state index contributed by atoms with van der Waals surface area (Å²) in [5.74, 6) is 0.885. The van der Waals surface area contributed by atoms with Crippen molar-refractivity contribution in [3.8, 4) is 23.1 Å². The molecule has 0 fully saturated rings. The number of thioether (sulfide) groups is 1. The highest BCUT2D eigenvalue weighted by molar-refractivity contribution is 7.99. The number of carbonyl (C=O) groups excluding carboxylic acids is 1. The molecular weight excluding hydrogens is 444 g/mol. The first-order valence-electron chi connectivity index (χ1n) is 10.9. The normalized spacial score (nSPS) is 10.8. The fraction of sp³-hybridized carbons (Fsp3) is 0.192. The summed E-state index contributed by atoms with van der Waals surface area (Å²) in [5, 5.41) is 18.7. The first-order valence-corrected chi connectivity index (χ1v) is 11.9. The first kappa shape index (κ1) is 23.2. The Balaban J connectivity index is 1.70. The lowest BCUT2D eigenvalue weighted by atomic mass is 10.0. The molecule has 0 bridgehead atoms. The van der Waals surface area contributed by atoms with Crippen LogP contribution in [0.5, 0.6) is 0 Å². The van der Waals surface area contributed by atoms with Gasteiger partial charge in [0.15, 0.2) is 11.0 Å². The predicted molar refractivity (Wildman–Crippen MR) is 134 cm³/mol. The standard InChI is InChI=1S/C26H24N6OS/c1-19(2)22-12-6-7-13-23(22)32-25(20-9-8-15-28-17-20)29-30-26(32)34-18-24(33)31(16-14-27)21-10-4-3-5-11-21/h3-13,15,17,19H,16,18H2,1-2H3. The van der Waals surface area contributed by atoms with Crippen LogP contribution in [0.4, 0.5) is 5.69 Å². The Morgan fingerprint density at radius 3 is 2.53 bits per heavy atom. The van der Waals surface area contributed by atoms with Crippen molar-refractivity contribution in [3.63, 3.8) is 0 Å². The maximum absolute atomic E-state index is 13.1. The number of hydrogen-bond donors (Lipinski definition) is 0. The van der Waals surface area contributed by atoms with Crippen molar-refractivity contribution in [2.45, 2.75) is 24.9 Å². The number of hydrogen-bond acceptors (Lipinski definition) is 6. The highest BCUT2D eigenvalue weighted by Gasteiger charge is 2.22. The number of para-hydroxylation sites is 2. The Morgan fingerprint density at radius 2 is 1.82 bits per heavy atom. The van der Waals surface area contributed by atoms with Gasteiger partial charge in [0.25, 0.3) is 0 Å². The Labute approximate surface area is 203 Å². The summed E-state index contributed by atoms with van der Waals surface area (Å²) in [4.78, 5) is 18.8. The van der Waals surface area contributed by atoms with Gasteiger partial charge in [-0.1, -0.05) is 62.0 Å². The molecule has 0 saturated carbocycles. The topological polar surface area (TPSA) is 87.7 Å². The van der Waals surface area contributed by atoms with Gasteiger partial charge in [-0.3, -0.25) is 19.2 Å². The second-order valence-electron chi connectivity index (χ2n) is 7.86. The van der Waals surface area contributed by atoms with Gasteiger partial charge in [-0.25, -0.2) is 0 Å². The van der Waals surface area contributed by atoms with Gasteiger partial charge in [0.2, 0.25) is 5.91 Å². The van der Waals surface area contributed by atoms with Crippen LogP contribution in [0.3, 0.4) is 0 Å². The Bertz CT molecular complexity index is 1300. The molecule has 2 heterocycles. The maximum atomic E-state index is 13.1. The third-order valence-corrected chi connectivity index (χ3v) is 6.19. The number of carbonyl (C=O) groups is 1. The zero-order chi connectivity index (χ0) is 23.9. The van der Waals surface area contributed by atoms with Gasteiger partial charge in [0.1, 0.15) is 6.54 Å². The van der Waals surface area contributed by atoms with Gasteiger partial charge in [-0.15, -0.1) is 10.2 Å². The van der Waals surface area contributed by atoms with Gasteiger partial charge in [-0.05, 0) is 41.8 Å². The molecule has 0 radical (unpaired) electrons. The molecular formula is C26H24N6OS. The smallest absolute Gasteiger partial charge is 0.238 e. The summed E-state index contributed by atoms with van der Waals surface area (Å²) in [5.41, 5.74) is 3.64. The average Bonchev–Trinajstić information content (AvgIpc) is 3.30. The van der Waals surface area contributed by atoms with Crippen molar-refractivity contribution >= 4 is 23.4 Å². The molecule has 0 N–H and O–H groups in total. The van der Waals surface area contributed by atoms with Crippen LogP contribution in [0.15, 0.2) is 84.3 Å². The zero-order valence-electron chi connectivity index (χ0n) is 19.0. The molecule has 4 aromatic rings. The number of benzene rings is 2. The number of nitriles is 1. The van der Waals surface area contributed by atoms with Crippen LogP contribution in [-0.4, -0.2) is 38.0 Å². The quantitative estimate of drug-likeness (QED) is 0.264. The van der Waals surface area contributed by atoms with Crippen LogP contribution in [0.2, 0.25) is 0 Å². The van der Waals surface area contributed by atoms with Crippen LogP contribution in [0.25, 0.3) is 17.1 Å². The lowest BCUT2D eigenvalue weighted by molar-refractivity contribution is -0.116. The molecule has 0 spiro atoms. The van der Waals surface area contributed by atoms with Gasteiger partial charge in [0.05, 0.1) is 17.5 Å². The minimum Gasteiger partial charge on any atom is -0.298 e. The van der Waals surface area contributed by atoms with E-state index in [-0.39, 0.29) is 24.1 Å². The van der Waals surface area contributed by atoms with Crippen molar-refractivity contribution in [2.75, 3.05) is 17.2 Å². The average molecular weight is 469 g/mol. The molecule has 1 amide bonds. The molecule has 0 saturated heterocycles. The SMILES string of the molecule is CC(C)c1ccccc1-n1c(SCC(=O)N(CC#N)c2ccccc2)nnc1-c1cccnc1. The van der Waals surface area contributed by atoms with E-state index in [1.807, 2.05) is 65.2 Å². The molecule has 0 aliphatic heterocycles. The van der Waals surface area contributed by atoms with E-state index in [9.17, 15) is 10.1 Å². The molecule has 170 valence electrons. The summed E-state index contributed by atoms with van der Waals surface area (Å²) < 4.78 is 1.99. The van der Waals surface area contributed by atoms with Crippen molar-refractivity contribution in [1.29, 1.82) is 5.26 Å². The molecule has 7 nitrogen and oxygen atoms in total. The highest BCUT2D eigenvalue weighted by Crippen LogP contribution is 2.32. The first-order chi connectivity index (χ1) is 16.6. The fourth-order valence-electron chi connectivity index (χ4n) is 3.65. The number of aromatic nitrogens is 4. The summed E-state index contributed by atoms with van der Waals surface area (Å²) in [7, 11) is 0. The number of rotatable bonds is 8. The second-order valence-corrected chi connectivity index (χ2v) is 8.80. The van der Waals surface area contributed by atoms with Crippen LogP contribution >= 0.6 is 11.8 Å². The summed E-state index contributed by atoms with van der Waals surface area (Å²) in [6.07, 6.45) is 3.47. The van der Waals surface area contributed by atoms with E-state index >= 15 is 0 Å². The van der Waals surface area contributed by atoms with Gasteiger partial charge in [0, 0.05) is 23.6 Å². The number of nitrogens with zero attached hydrogens (tertiary/aromatic N) is 6. The predicted octanol–water partition coefficient (Wildman–Crippen LogP) is 5.10. The highest BCUT2D eigenvalue weighted by atomic mass is 32.2. The van der Waals surface area contributed by atoms with E-state index in [4.69, 9.17) is 0 Å². The molecule has 8 heteroatoms. The largest absolute Gasteiger partial charge is 0.298 e. The number of amides is 1. The van der Waals surface area contributed by atoms with Crippen molar-refractivity contribution < 1.29 is 4.79 Å². The van der Waals surface area contributed by atoms with E-state index in [1.165, 1.54) is 16.7 Å². The van der Waals surface area contributed by atoms with E-state index in [2.05, 4.69) is 41.2 Å². The van der Waals surface area contributed by atoms with E-state index in [0.29, 0.717) is 16.7 Å². The molecule has 0 aliphatic rings. The Kier molecular flexibility index (Phi) is 7.35. The van der Waals surface area contributed by atoms with Gasteiger partial charge >= 0.3 is 0 Å². The van der Waals surface area contributed by atoms with Crippen molar-refractivity contribution in [3.05, 3.63) is 84.7 Å². The van der Waals surface area contributed by atoms with Crippen LogP contribution in [0.1, 0.15) is 25.3 Å². The molecule has 4 rings (SSSR count). The van der Waals surface area contributed by atoms with E-state index in [1.54, 1.807) is 12.4 Å². The molecule has 2 aromatic heterocycles. The van der Waals surface area contributed by atoms with Gasteiger partial charge in [-0.2, -0.15) is 5.26 Å². The number of pyridine rings is 1. The van der Waals surface area contributed by atoms with Crippen molar-refractivity contribution in [2.24, 2.45) is 0 Å². The fourth-order valence-corrected chi connectivity index (χ4v) is 4.47. The van der Waals surface area contributed by atoms with Crippen LogP contribution in [0, 0.1) is 11.3 Å². The van der Waals surface area contributed by atoms with Gasteiger partial charge < -0.3 is 0 Å². The minimum absolute atomic E-state index is 0.0206. The second kappa shape index (κ2) is 10.8. The Hall–Kier alpha value is -3.96. The lowest BCUT2D eigenvalue weighted by Gasteiger charge is -2.20. The van der Waals surface area contributed by atoms with Crippen molar-refractivity contribution in [1.82, 2.24) is 19.7 Å². The minimum atomic E-state index is -0.174. The van der Waals surface area contributed by atoms with E-state index < -0.39 is 0 Å². The van der Waals surface area contributed by atoms with Crippen LogP contribution in [-0.2, 0) is 4.79 Å². The third-order valence-electron chi connectivity index (χ3n) is 5.28. The summed E-state index contributed by atoms with van der Waals surface area (Å²) in [6, 6.07) is 23.2. The van der Waals surface area contributed by atoms with E-state index in [0.717, 1.165) is 16.8 Å². The molecule has 0 atom stereocenters. The maximum Gasteiger partial charge on any atom is 0.238 e. The summed E-state index contributed by atoms with van der Waals surface area (Å²) in [6.45, 7) is 4.26. The lowest BCUT2D eigenvalue weighted by Crippen LogP contribution is -2.32. The Morgan fingerprint density at radius 1 is 1.06 bits per heavy atom.